The van der Waals surface area contributed by atoms with Crippen LogP contribution in [0.4, 0.5) is 0 Å². The van der Waals surface area contributed by atoms with E-state index in [2.05, 4.69) is 39.8 Å². The van der Waals surface area contributed by atoms with Gasteiger partial charge in [0.1, 0.15) is 0 Å². The molecular formula is C24H32N4. The van der Waals surface area contributed by atoms with E-state index in [0.717, 1.165) is 27.6 Å². The molecule has 4 aromatic heterocycles. The topological polar surface area (TPSA) is 51.6 Å². The van der Waals surface area contributed by atoms with Crippen molar-refractivity contribution in [3.63, 3.8) is 0 Å². The fraction of sp³-hybridized carbons (Fsp3) is 0.333. The van der Waals surface area contributed by atoms with Crippen LogP contribution in [0.25, 0.3) is 21.9 Å². The molecular weight excluding hydrogens is 344 g/mol. The van der Waals surface area contributed by atoms with Crippen LogP contribution in [0, 0.1) is 13.8 Å². The summed E-state index contributed by atoms with van der Waals surface area (Å²) in [6, 6.07) is 11.8. The van der Waals surface area contributed by atoms with E-state index in [4.69, 9.17) is 0 Å². The maximum Gasteiger partial charge on any atom is 0.0889 e. The van der Waals surface area contributed by atoms with Crippen molar-refractivity contribution < 1.29 is 0 Å². The Kier molecular flexibility index (Phi) is 11.0. The van der Waals surface area contributed by atoms with Crippen LogP contribution in [0.3, 0.4) is 0 Å². The number of unbranched alkanes of at least 4 members (excludes halogenated alkanes) is 1. The molecule has 4 aromatic rings. The minimum atomic E-state index is 0.957. The first-order chi connectivity index (χ1) is 13.6. The minimum Gasteiger partial charge on any atom is -0.264 e. The molecule has 0 saturated carbocycles. The maximum atomic E-state index is 4.31. The summed E-state index contributed by atoms with van der Waals surface area (Å²) in [6.07, 6.45) is 9.86. The molecule has 0 aliphatic rings. The van der Waals surface area contributed by atoms with Crippen LogP contribution in [0.2, 0.25) is 0 Å². The highest BCUT2D eigenvalue weighted by molar-refractivity contribution is 5.77. The summed E-state index contributed by atoms with van der Waals surface area (Å²) >= 11 is 0. The van der Waals surface area contributed by atoms with Gasteiger partial charge in [0.25, 0.3) is 0 Å². The highest BCUT2D eigenvalue weighted by Crippen LogP contribution is 2.09. The lowest BCUT2D eigenvalue weighted by Crippen LogP contribution is -1.83. The van der Waals surface area contributed by atoms with Gasteiger partial charge in [0.2, 0.25) is 0 Å². The third-order valence-electron chi connectivity index (χ3n) is 3.71. The molecule has 4 heteroatoms. The van der Waals surface area contributed by atoms with Gasteiger partial charge in [-0.3, -0.25) is 19.9 Å². The number of nitrogens with zero attached hydrogens (tertiary/aromatic N) is 4. The zero-order chi connectivity index (χ0) is 20.8. The second-order valence-electron chi connectivity index (χ2n) is 6.08. The van der Waals surface area contributed by atoms with E-state index >= 15 is 0 Å². The predicted octanol–water partition coefficient (Wildman–Crippen LogP) is 6.71. The Bertz CT molecular complexity index is 872. The van der Waals surface area contributed by atoms with Gasteiger partial charge in [-0.15, -0.1) is 0 Å². The molecule has 4 nitrogen and oxygen atoms in total. The smallest absolute Gasteiger partial charge is 0.0889 e. The number of hydrogen-bond donors (Lipinski definition) is 0. The summed E-state index contributed by atoms with van der Waals surface area (Å²) in [4.78, 5) is 16.7. The van der Waals surface area contributed by atoms with Crippen LogP contribution >= 0.6 is 0 Å². The molecule has 0 fully saturated rings. The SMILES string of the molecule is CC.CCCC.Cc1ccc2ncccc2n1.Cc1cnc2ccncc2c1. The molecule has 0 bridgehead atoms. The van der Waals surface area contributed by atoms with Gasteiger partial charge in [-0.1, -0.05) is 40.5 Å². The Morgan fingerprint density at radius 2 is 1.50 bits per heavy atom. The van der Waals surface area contributed by atoms with Crippen molar-refractivity contribution in [3.05, 3.63) is 72.4 Å². The van der Waals surface area contributed by atoms with Crippen molar-refractivity contribution in [2.45, 2.75) is 54.4 Å². The van der Waals surface area contributed by atoms with E-state index in [1.54, 1.807) is 12.4 Å². The average Bonchev–Trinajstić information content (AvgIpc) is 2.75. The number of fused-ring (bicyclic) bond motifs is 2. The molecule has 0 unspecified atom stereocenters. The number of aromatic nitrogens is 4. The highest BCUT2D eigenvalue weighted by Gasteiger charge is 1.93. The van der Waals surface area contributed by atoms with Gasteiger partial charge in [0.05, 0.1) is 16.6 Å². The standard InChI is InChI=1S/2C9H8N2.C4H10.C2H6/c1-7-4-8-6-10-3-2-9(8)11-5-7;1-7-4-5-8-9(11-7)3-2-6-10-8;1-3-4-2;1-2/h2*2-6H,1H3;3-4H2,1-2H3;1-2H3. The lowest BCUT2D eigenvalue weighted by Gasteiger charge is -1.95. The molecule has 0 radical (unpaired) electrons. The maximum absolute atomic E-state index is 4.31. The summed E-state index contributed by atoms with van der Waals surface area (Å²) < 4.78 is 0. The summed E-state index contributed by atoms with van der Waals surface area (Å²) in [5, 5.41) is 1.10. The van der Waals surface area contributed by atoms with E-state index in [9.17, 15) is 0 Å². The number of pyridine rings is 4. The second kappa shape index (κ2) is 13.3. The van der Waals surface area contributed by atoms with Crippen LogP contribution in [-0.4, -0.2) is 19.9 Å². The molecule has 0 amide bonds. The first kappa shape index (κ1) is 23.2. The number of rotatable bonds is 1. The summed E-state index contributed by atoms with van der Waals surface area (Å²) in [5.41, 5.74) is 5.13. The second-order valence-corrected chi connectivity index (χ2v) is 6.08. The molecule has 4 rings (SSSR count). The molecule has 0 aliphatic heterocycles. The lowest BCUT2D eigenvalue weighted by molar-refractivity contribution is 0.886. The molecule has 0 aliphatic carbocycles. The number of hydrogen-bond acceptors (Lipinski definition) is 4. The van der Waals surface area contributed by atoms with Crippen molar-refractivity contribution in [3.8, 4) is 0 Å². The minimum absolute atomic E-state index is 0.957. The van der Waals surface area contributed by atoms with Gasteiger partial charge in [-0.05, 0) is 55.8 Å². The zero-order valence-electron chi connectivity index (χ0n) is 18.0. The Morgan fingerprint density at radius 1 is 0.750 bits per heavy atom. The molecule has 0 atom stereocenters. The van der Waals surface area contributed by atoms with Gasteiger partial charge < -0.3 is 0 Å². The summed E-state index contributed by atoms with van der Waals surface area (Å²) in [5.74, 6) is 0. The van der Waals surface area contributed by atoms with E-state index < -0.39 is 0 Å². The third kappa shape index (κ3) is 7.78. The fourth-order valence-electron chi connectivity index (χ4n) is 2.14. The highest BCUT2D eigenvalue weighted by atomic mass is 14.7. The van der Waals surface area contributed by atoms with Crippen LogP contribution in [0.5, 0.6) is 0 Å². The largest absolute Gasteiger partial charge is 0.264 e. The molecule has 0 spiro atoms. The molecule has 0 aromatic carbocycles. The van der Waals surface area contributed by atoms with Crippen LogP contribution in [-0.2, 0) is 0 Å². The van der Waals surface area contributed by atoms with E-state index in [1.807, 2.05) is 70.4 Å². The quantitative estimate of drug-likeness (QED) is 0.370. The summed E-state index contributed by atoms with van der Waals surface area (Å²) in [6.45, 7) is 12.4. The average molecular weight is 377 g/mol. The van der Waals surface area contributed by atoms with E-state index in [0.29, 0.717) is 0 Å². The Hall–Kier alpha value is -2.88. The first-order valence-corrected chi connectivity index (χ1v) is 9.98. The first-order valence-electron chi connectivity index (χ1n) is 9.98. The van der Waals surface area contributed by atoms with Crippen molar-refractivity contribution >= 4 is 21.9 Å². The molecule has 0 N–H and O–H groups in total. The van der Waals surface area contributed by atoms with E-state index in [-0.39, 0.29) is 0 Å². The van der Waals surface area contributed by atoms with Gasteiger partial charge in [0, 0.05) is 35.9 Å². The predicted molar refractivity (Wildman–Crippen MR) is 120 cm³/mol. The monoisotopic (exact) mass is 376 g/mol. The zero-order valence-corrected chi connectivity index (χ0v) is 18.0. The molecule has 148 valence electrons. The Labute approximate surface area is 169 Å². The Balaban J connectivity index is 0.000000221. The Morgan fingerprint density at radius 3 is 2.21 bits per heavy atom. The van der Waals surface area contributed by atoms with Crippen molar-refractivity contribution in [1.82, 2.24) is 19.9 Å². The van der Waals surface area contributed by atoms with Crippen molar-refractivity contribution in [2.75, 3.05) is 0 Å². The van der Waals surface area contributed by atoms with Gasteiger partial charge in [-0.25, -0.2) is 0 Å². The summed E-state index contributed by atoms with van der Waals surface area (Å²) in [7, 11) is 0. The molecule has 0 saturated heterocycles. The molecule has 4 heterocycles. The van der Waals surface area contributed by atoms with Crippen LogP contribution in [0.1, 0.15) is 51.8 Å². The third-order valence-corrected chi connectivity index (χ3v) is 3.71. The fourth-order valence-corrected chi connectivity index (χ4v) is 2.14. The van der Waals surface area contributed by atoms with Crippen LogP contribution in [0.15, 0.2) is 61.2 Å². The van der Waals surface area contributed by atoms with Gasteiger partial charge in [0.15, 0.2) is 0 Å². The van der Waals surface area contributed by atoms with Gasteiger partial charge in [-0.2, -0.15) is 0 Å². The van der Waals surface area contributed by atoms with Crippen molar-refractivity contribution in [1.29, 1.82) is 0 Å². The number of aryl methyl sites for hydroxylation is 2. The molecule has 28 heavy (non-hydrogen) atoms. The van der Waals surface area contributed by atoms with E-state index in [1.165, 1.54) is 18.4 Å². The normalized spacial score (nSPS) is 9.36. The van der Waals surface area contributed by atoms with Gasteiger partial charge >= 0.3 is 0 Å². The van der Waals surface area contributed by atoms with Crippen molar-refractivity contribution in [2.24, 2.45) is 0 Å². The van der Waals surface area contributed by atoms with Crippen LogP contribution < -0.4 is 0 Å². The lowest BCUT2D eigenvalue weighted by atomic mass is 10.2.